The Hall–Kier alpha value is -2.69. The van der Waals surface area contributed by atoms with Crippen LogP contribution >= 0.6 is 0 Å². The zero-order valence-electron chi connectivity index (χ0n) is 17.1. The lowest BCUT2D eigenvalue weighted by Gasteiger charge is -2.24. The van der Waals surface area contributed by atoms with Crippen molar-refractivity contribution in [3.63, 3.8) is 0 Å². The fourth-order valence-corrected chi connectivity index (χ4v) is 3.48. The Balaban J connectivity index is 1.49. The quantitative estimate of drug-likeness (QED) is 0.762. The molecule has 0 radical (unpaired) electrons. The molecule has 0 bridgehead atoms. The molecule has 1 aliphatic rings. The summed E-state index contributed by atoms with van der Waals surface area (Å²) in [5.41, 5.74) is 3.61. The molecule has 1 amide bonds. The van der Waals surface area contributed by atoms with Crippen LogP contribution in [0.15, 0.2) is 42.5 Å². The van der Waals surface area contributed by atoms with Gasteiger partial charge in [-0.2, -0.15) is 0 Å². The second-order valence-electron chi connectivity index (χ2n) is 7.31. The number of rotatable bonds is 6. The molecular formula is C23H30N2O3. The molecule has 150 valence electrons. The Labute approximate surface area is 167 Å². The molecule has 1 saturated heterocycles. The van der Waals surface area contributed by atoms with Gasteiger partial charge in [-0.05, 0) is 50.1 Å². The van der Waals surface area contributed by atoms with Crippen LogP contribution < -0.4 is 14.4 Å². The molecule has 0 spiro atoms. The third-order valence-corrected chi connectivity index (χ3v) is 5.14. The SMILES string of the molecule is COc1cc(C)ccc1OCCC(=O)N1CCCN(c2ccc(C)cc2)CC1. The number of hydrogen-bond donors (Lipinski definition) is 0. The number of methoxy groups -OCH3 is 1. The van der Waals surface area contributed by atoms with E-state index in [9.17, 15) is 4.79 Å². The highest BCUT2D eigenvalue weighted by Gasteiger charge is 2.19. The molecule has 0 unspecified atom stereocenters. The first-order chi connectivity index (χ1) is 13.6. The molecule has 28 heavy (non-hydrogen) atoms. The summed E-state index contributed by atoms with van der Waals surface area (Å²) in [4.78, 5) is 17.0. The maximum atomic E-state index is 12.6. The van der Waals surface area contributed by atoms with Gasteiger partial charge in [-0.15, -0.1) is 0 Å². The topological polar surface area (TPSA) is 42.0 Å². The third kappa shape index (κ3) is 5.18. The second-order valence-corrected chi connectivity index (χ2v) is 7.31. The van der Waals surface area contributed by atoms with E-state index in [2.05, 4.69) is 36.1 Å². The molecule has 1 aliphatic heterocycles. The van der Waals surface area contributed by atoms with Crippen molar-refractivity contribution >= 4 is 11.6 Å². The average Bonchev–Trinajstić information content (AvgIpc) is 2.96. The van der Waals surface area contributed by atoms with Gasteiger partial charge in [0, 0.05) is 31.9 Å². The highest BCUT2D eigenvalue weighted by molar-refractivity contribution is 5.76. The molecule has 3 rings (SSSR count). The number of carbonyl (C=O) groups is 1. The van der Waals surface area contributed by atoms with E-state index in [0.29, 0.717) is 24.5 Å². The predicted octanol–water partition coefficient (Wildman–Crippen LogP) is 3.82. The first-order valence-corrected chi connectivity index (χ1v) is 9.93. The van der Waals surface area contributed by atoms with Crippen molar-refractivity contribution in [3.05, 3.63) is 53.6 Å². The Morgan fingerprint density at radius 1 is 0.929 bits per heavy atom. The fraction of sp³-hybridized carbons (Fsp3) is 0.435. The van der Waals surface area contributed by atoms with Gasteiger partial charge < -0.3 is 19.3 Å². The number of carbonyl (C=O) groups excluding carboxylic acids is 1. The van der Waals surface area contributed by atoms with E-state index < -0.39 is 0 Å². The number of benzene rings is 2. The number of aryl methyl sites for hydroxylation is 2. The van der Waals surface area contributed by atoms with Gasteiger partial charge in [-0.25, -0.2) is 0 Å². The number of amides is 1. The van der Waals surface area contributed by atoms with E-state index in [-0.39, 0.29) is 5.91 Å². The van der Waals surface area contributed by atoms with E-state index in [1.165, 1.54) is 11.3 Å². The van der Waals surface area contributed by atoms with Crippen molar-refractivity contribution in [2.45, 2.75) is 26.7 Å². The highest BCUT2D eigenvalue weighted by atomic mass is 16.5. The monoisotopic (exact) mass is 382 g/mol. The first-order valence-electron chi connectivity index (χ1n) is 9.93. The Bertz CT molecular complexity index is 789. The maximum absolute atomic E-state index is 12.6. The Morgan fingerprint density at radius 3 is 2.43 bits per heavy atom. The molecular weight excluding hydrogens is 352 g/mol. The number of hydrogen-bond acceptors (Lipinski definition) is 4. The number of ether oxygens (including phenoxy) is 2. The van der Waals surface area contributed by atoms with Gasteiger partial charge in [0.25, 0.3) is 0 Å². The van der Waals surface area contributed by atoms with Crippen LogP contribution in [0.4, 0.5) is 5.69 Å². The maximum Gasteiger partial charge on any atom is 0.226 e. The first kappa shape index (κ1) is 20.1. The van der Waals surface area contributed by atoms with Gasteiger partial charge in [0.15, 0.2) is 11.5 Å². The number of nitrogens with zero attached hydrogens (tertiary/aromatic N) is 2. The second kappa shape index (κ2) is 9.49. The van der Waals surface area contributed by atoms with E-state index >= 15 is 0 Å². The van der Waals surface area contributed by atoms with Crippen LogP contribution in [-0.2, 0) is 4.79 Å². The van der Waals surface area contributed by atoms with Gasteiger partial charge in [-0.3, -0.25) is 4.79 Å². The number of anilines is 1. The third-order valence-electron chi connectivity index (χ3n) is 5.14. The summed E-state index contributed by atoms with van der Waals surface area (Å²) in [6.07, 6.45) is 1.35. The summed E-state index contributed by atoms with van der Waals surface area (Å²) in [5, 5.41) is 0. The lowest BCUT2D eigenvalue weighted by atomic mass is 10.2. The molecule has 2 aromatic carbocycles. The highest BCUT2D eigenvalue weighted by Crippen LogP contribution is 2.27. The molecule has 2 aromatic rings. The lowest BCUT2D eigenvalue weighted by Crippen LogP contribution is -2.35. The van der Waals surface area contributed by atoms with Crippen molar-refractivity contribution in [2.75, 3.05) is 44.8 Å². The van der Waals surface area contributed by atoms with E-state index in [1.807, 2.05) is 30.0 Å². The van der Waals surface area contributed by atoms with Crippen molar-refractivity contribution in [1.29, 1.82) is 0 Å². The van der Waals surface area contributed by atoms with Gasteiger partial charge >= 0.3 is 0 Å². The smallest absolute Gasteiger partial charge is 0.226 e. The zero-order valence-corrected chi connectivity index (χ0v) is 17.1. The lowest BCUT2D eigenvalue weighted by molar-refractivity contribution is -0.131. The van der Waals surface area contributed by atoms with Gasteiger partial charge in [0.05, 0.1) is 20.1 Å². The Kier molecular flexibility index (Phi) is 6.80. The van der Waals surface area contributed by atoms with Crippen LogP contribution in [-0.4, -0.2) is 50.7 Å². The minimum atomic E-state index is 0.150. The van der Waals surface area contributed by atoms with Crippen LogP contribution in [0.2, 0.25) is 0 Å². The zero-order chi connectivity index (χ0) is 19.9. The van der Waals surface area contributed by atoms with Crippen LogP contribution in [0.1, 0.15) is 24.0 Å². The molecule has 1 fully saturated rings. The van der Waals surface area contributed by atoms with Crippen molar-refractivity contribution < 1.29 is 14.3 Å². The standard InChI is InChI=1S/C23H30N2O3/c1-18-5-8-20(9-6-18)24-12-4-13-25(15-14-24)23(26)11-16-28-21-10-7-19(2)17-22(21)27-3/h5-10,17H,4,11-16H2,1-3H3. The summed E-state index contributed by atoms with van der Waals surface area (Å²) in [6.45, 7) is 7.85. The molecule has 0 N–H and O–H groups in total. The molecule has 5 heteroatoms. The van der Waals surface area contributed by atoms with Crippen molar-refractivity contribution in [3.8, 4) is 11.5 Å². The summed E-state index contributed by atoms with van der Waals surface area (Å²) in [6, 6.07) is 14.4. The van der Waals surface area contributed by atoms with Crippen LogP contribution in [0.5, 0.6) is 11.5 Å². The van der Waals surface area contributed by atoms with Crippen molar-refractivity contribution in [2.24, 2.45) is 0 Å². The van der Waals surface area contributed by atoms with E-state index in [0.717, 1.165) is 38.2 Å². The van der Waals surface area contributed by atoms with Gasteiger partial charge in [-0.1, -0.05) is 23.8 Å². The fourth-order valence-electron chi connectivity index (χ4n) is 3.48. The minimum Gasteiger partial charge on any atom is -0.493 e. The molecule has 5 nitrogen and oxygen atoms in total. The molecule has 0 saturated carbocycles. The summed E-state index contributed by atoms with van der Waals surface area (Å²) in [5.74, 6) is 1.54. The van der Waals surface area contributed by atoms with Gasteiger partial charge in [0.2, 0.25) is 5.91 Å². The normalized spacial score (nSPS) is 14.5. The molecule has 0 aliphatic carbocycles. The molecule has 0 atom stereocenters. The van der Waals surface area contributed by atoms with E-state index in [4.69, 9.17) is 9.47 Å². The average molecular weight is 383 g/mol. The summed E-state index contributed by atoms with van der Waals surface area (Å²) >= 11 is 0. The summed E-state index contributed by atoms with van der Waals surface area (Å²) < 4.78 is 11.1. The molecule has 0 aromatic heterocycles. The largest absolute Gasteiger partial charge is 0.493 e. The molecule has 1 heterocycles. The van der Waals surface area contributed by atoms with Gasteiger partial charge in [0.1, 0.15) is 0 Å². The van der Waals surface area contributed by atoms with E-state index in [1.54, 1.807) is 7.11 Å². The predicted molar refractivity (Wildman–Crippen MR) is 112 cm³/mol. The minimum absolute atomic E-state index is 0.150. The van der Waals surface area contributed by atoms with Crippen LogP contribution in [0.3, 0.4) is 0 Å². The summed E-state index contributed by atoms with van der Waals surface area (Å²) in [7, 11) is 1.63. The van der Waals surface area contributed by atoms with Crippen LogP contribution in [0.25, 0.3) is 0 Å². The van der Waals surface area contributed by atoms with Crippen molar-refractivity contribution in [1.82, 2.24) is 4.90 Å². The van der Waals surface area contributed by atoms with Crippen LogP contribution in [0, 0.1) is 13.8 Å². The Morgan fingerprint density at radius 2 is 1.68 bits per heavy atom.